The van der Waals surface area contributed by atoms with Gasteiger partial charge in [0.2, 0.25) is 5.91 Å². The molecule has 5 nitrogen and oxygen atoms in total. The second-order valence-corrected chi connectivity index (χ2v) is 7.48. The van der Waals surface area contributed by atoms with Crippen LogP contribution in [0.3, 0.4) is 0 Å². The van der Waals surface area contributed by atoms with Crippen LogP contribution >= 0.6 is 11.6 Å². The molecule has 2 amide bonds. The minimum atomic E-state index is -0.503. The molecule has 1 aromatic rings. The lowest BCUT2D eigenvalue weighted by Gasteiger charge is -2.19. The number of hydrogen-bond donors (Lipinski definition) is 1. The Morgan fingerprint density at radius 2 is 1.92 bits per heavy atom. The molecule has 1 atom stereocenters. The summed E-state index contributed by atoms with van der Waals surface area (Å²) in [6.07, 6.45) is 0.114. The fourth-order valence-corrected chi connectivity index (χ4v) is 2.79. The molecule has 2 rings (SSSR count). The summed E-state index contributed by atoms with van der Waals surface area (Å²) in [7, 11) is 0. The summed E-state index contributed by atoms with van der Waals surface area (Å²) < 4.78 is 5.20. The van der Waals surface area contributed by atoms with E-state index in [1.807, 2.05) is 49.9 Å². The van der Waals surface area contributed by atoms with E-state index in [1.54, 1.807) is 0 Å². The van der Waals surface area contributed by atoms with Crippen LogP contribution < -0.4 is 5.32 Å². The lowest BCUT2D eigenvalue weighted by Crippen LogP contribution is -2.32. The Hall–Kier alpha value is -1.75. The SMILES string of the molecule is CC(C)(C)OC(=O)NCc1ccc(CN2CC(CCl)CC2=O)cc1. The van der Waals surface area contributed by atoms with Crippen LogP contribution in [-0.2, 0) is 22.6 Å². The van der Waals surface area contributed by atoms with Crippen molar-refractivity contribution in [3.63, 3.8) is 0 Å². The fraction of sp³-hybridized carbons (Fsp3) is 0.556. The Balaban J connectivity index is 1.83. The van der Waals surface area contributed by atoms with Crippen molar-refractivity contribution in [3.8, 4) is 0 Å². The van der Waals surface area contributed by atoms with Crippen LogP contribution in [0.15, 0.2) is 24.3 Å². The maximum absolute atomic E-state index is 11.9. The quantitative estimate of drug-likeness (QED) is 0.827. The third-order valence-corrected chi connectivity index (χ3v) is 4.18. The molecule has 0 aromatic heterocycles. The normalized spacial score (nSPS) is 17.9. The Morgan fingerprint density at radius 3 is 2.46 bits per heavy atom. The van der Waals surface area contributed by atoms with Crippen molar-refractivity contribution >= 4 is 23.6 Å². The Morgan fingerprint density at radius 1 is 1.29 bits per heavy atom. The lowest BCUT2D eigenvalue weighted by molar-refractivity contribution is -0.128. The van der Waals surface area contributed by atoms with Crippen molar-refractivity contribution in [1.29, 1.82) is 0 Å². The highest BCUT2D eigenvalue weighted by atomic mass is 35.5. The van der Waals surface area contributed by atoms with Gasteiger partial charge in [-0.3, -0.25) is 4.79 Å². The summed E-state index contributed by atoms with van der Waals surface area (Å²) >= 11 is 5.84. The van der Waals surface area contributed by atoms with Gasteiger partial charge >= 0.3 is 6.09 Å². The Bertz CT molecular complexity index is 581. The number of carbonyl (C=O) groups excluding carboxylic acids is 2. The van der Waals surface area contributed by atoms with E-state index in [2.05, 4.69) is 5.32 Å². The summed E-state index contributed by atoms with van der Waals surface area (Å²) in [5.74, 6) is 0.949. The summed E-state index contributed by atoms with van der Waals surface area (Å²) in [5.41, 5.74) is 1.55. The first kappa shape index (κ1) is 18.6. The molecule has 1 aliphatic heterocycles. The van der Waals surface area contributed by atoms with Crippen LogP contribution in [0.5, 0.6) is 0 Å². The topological polar surface area (TPSA) is 58.6 Å². The first-order chi connectivity index (χ1) is 11.3. The molecular formula is C18H25ClN2O3. The molecule has 6 heteroatoms. The van der Waals surface area contributed by atoms with Gasteiger partial charge in [0.15, 0.2) is 0 Å². The molecule has 0 bridgehead atoms. The van der Waals surface area contributed by atoms with Crippen LogP contribution in [0.1, 0.15) is 38.3 Å². The number of halogens is 1. The number of hydrogen-bond acceptors (Lipinski definition) is 3. The number of amides is 2. The standard InChI is InChI=1S/C18H25ClN2O3/c1-18(2,3)24-17(23)20-10-13-4-6-14(7-5-13)11-21-12-15(9-19)8-16(21)22/h4-7,15H,8-12H2,1-3H3,(H,20,23). The molecule has 132 valence electrons. The molecule has 1 heterocycles. The zero-order valence-corrected chi connectivity index (χ0v) is 15.2. The average molecular weight is 353 g/mol. The number of ether oxygens (including phenoxy) is 1. The van der Waals surface area contributed by atoms with Gasteiger partial charge < -0.3 is 15.0 Å². The lowest BCUT2D eigenvalue weighted by atomic mass is 10.1. The number of rotatable bonds is 5. The first-order valence-electron chi connectivity index (χ1n) is 8.15. The van der Waals surface area contributed by atoms with E-state index in [1.165, 1.54) is 0 Å². The van der Waals surface area contributed by atoms with Gasteiger partial charge in [0.25, 0.3) is 0 Å². The zero-order valence-electron chi connectivity index (χ0n) is 14.5. The number of carbonyl (C=O) groups is 2. The highest BCUT2D eigenvalue weighted by Gasteiger charge is 2.28. The molecule has 1 N–H and O–H groups in total. The number of alkyl halides is 1. The smallest absolute Gasteiger partial charge is 0.407 e. The summed E-state index contributed by atoms with van der Waals surface area (Å²) in [5, 5.41) is 2.73. The van der Waals surface area contributed by atoms with Gasteiger partial charge in [-0.2, -0.15) is 0 Å². The van der Waals surface area contributed by atoms with Gasteiger partial charge in [0, 0.05) is 31.9 Å². The molecule has 0 aliphatic carbocycles. The van der Waals surface area contributed by atoms with Crippen molar-refractivity contribution in [3.05, 3.63) is 35.4 Å². The minimum Gasteiger partial charge on any atom is -0.444 e. The number of alkyl carbamates (subject to hydrolysis) is 1. The van der Waals surface area contributed by atoms with E-state index >= 15 is 0 Å². The van der Waals surface area contributed by atoms with Crippen LogP contribution in [0.2, 0.25) is 0 Å². The van der Waals surface area contributed by atoms with Crippen LogP contribution in [0, 0.1) is 5.92 Å². The predicted molar refractivity (Wildman–Crippen MR) is 93.8 cm³/mol. The van der Waals surface area contributed by atoms with E-state index in [4.69, 9.17) is 16.3 Å². The summed E-state index contributed by atoms with van der Waals surface area (Å²) in [6.45, 7) is 7.23. The first-order valence-corrected chi connectivity index (χ1v) is 8.68. The molecule has 1 aliphatic rings. The summed E-state index contributed by atoms with van der Waals surface area (Å²) in [6, 6.07) is 7.86. The third kappa shape index (κ3) is 5.71. The number of nitrogens with one attached hydrogen (secondary N) is 1. The number of nitrogens with zero attached hydrogens (tertiary/aromatic N) is 1. The molecule has 1 unspecified atom stereocenters. The van der Waals surface area contributed by atoms with E-state index in [-0.39, 0.29) is 11.8 Å². The van der Waals surface area contributed by atoms with Crippen LogP contribution in [-0.4, -0.2) is 34.9 Å². The van der Waals surface area contributed by atoms with Gasteiger partial charge in [-0.15, -0.1) is 11.6 Å². The predicted octanol–water partition coefficient (Wildman–Crippen LogP) is 3.30. The van der Waals surface area contributed by atoms with E-state index < -0.39 is 11.7 Å². The van der Waals surface area contributed by atoms with E-state index in [9.17, 15) is 9.59 Å². The Kier molecular flexibility index (Phi) is 6.10. The molecule has 0 spiro atoms. The van der Waals surface area contributed by atoms with E-state index in [0.29, 0.717) is 25.4 Å². The molecule has 0 saturated carbocycles. The second kappa shape index (κ2) is 7.88. The number of likely N-dealkylation sites (tertiary alicyclic amines) is 1. The minimum absolute atomic E-state index is 0.163. The summed E-state index contributed by atoms with van der Waals surface area (Å²) in [4.78, 5) is 25.4. The third-order valence-electron chi connectivity index (χ3n) is 3.74. The maximum Gasteiger partial charge on any atom is 0.407 e. The highest BCUT2D eigenvalue weighted by Crippen LogP contribution is 2.21. The Labute approximate surface area is 148 Å². The van der Waals surface area contributed by atoms with Gasteiger partial charge in [-0.05, 0) is 37.8 Å². The van der Waals surface area contributed by atoms with Crippen LogP contribution in [0.4, 0.5) is 4.79 Å². The van der Waals surface area contributed by atoms with Gasteiger partial charge in [0.1, 0.15) is 5.60 Å². The molecular weight excluding hydrogens is 328 g/mol. The molecule has 1 aromatic carbocycles. The van der Waals surface area contributed by atoms with Crippen molar-refractivity contribution in [2.75, 3.05) is 12.4 Å². The monoisotopic (exact) mass is 352 g/mol. The average Bonchev–Trinajstić information content (AvgIpc) is 2.85. The fourth-order valence-electron chi connectivity index (χ4n) is 2.58. The van der Waals surface area contributed by atoms with Gasteiger partial charge in [0.05, 0.1) is 0 Å². The largest absolute Gasteiger partial charge is 0.444 e. The second-order valence-electron chi connectivity index (χ2n) is 7.17. The maximum atomic E-state index is 11.9. The molecule has 1 fully saturated rings. The van der Waals surface area contributed by atoms with E-state index in [0.717, 1.165) is 17.7 Å². The van der Waals surface area contributed by atoms with Gasteiger partial charge in [-0.1, -0.05) is 24.3 Å². The van der Waals surface area contributed by atoms with Crippen molar-refractivity contribution < 1.29 is 14.3 Å². The molecule has 0 radical (unpaired) electrons. The van der Waals surface area contributed by atoms with Crippen molar-refractivity contribution in [2.45, 2.75) is 45.9 Å². The van der Waals surface area contributed by atoms with Gasteiger partial charge in [-0.25, -0.2) is 4.79 Å². The molecule has 1 saturated heterocycles. The van der Waals surface area contributed by atoms with Crippen LogP contribution in [0.25, 0.3) is 0 Å². The number of benzene rings is 1. The molecule has 24 heavy (non-hydrogen) atoms. The van der Waals surface area contributed by atoms with Crippen molar-refractivity contribution in [2.24, 2.45) is 5.92 Å². The highest BCUT2D eigenvalue weighted by molar-refractivity contribution is 6.18. The zero-order chi connectivity index (χ0) is 17.7. The van der Waals surface area contributed by atoms with Crippen molar-refractivity contribution in [1.82, 2.24) is 10.2 Å².